The molecule has 186 valence electrons. The minimum atomic E-state index is -0.824. The first-order chi connectivity index (χ1) is 18.0. The van der Waals surface area contributed by atoms with E-state index in [9.17, 15) is 14.4 Å². The maximum absolute atomic E-state index is 14.1. The van der Waals surface area contributed by atoms with Gasteiger partial charge < -0.3 is 14.4 Å². The van der Waals surface area contributed by atoms with Gasteiger partial charge in [-0.25, -0.2) is 0 Å². The maximum atomic E-state index is 14.1. The molecule has 3 aliphatic heterocycles. The average molecular weight is 495 g/mol. The quantitative estimate of drug-likeness (QED) is 0.380. The van der Waals surface area contributed by atoms with Crippen molar-refractivity contribution < 1.29 is 23.9 Å². The number of Topliss-reactive ketones (excluding diaryl/α,β-unsaturated/α-hetero) is 1. The number of likely N-dealkylation sites (tertiary alicyclic amines) is 1. The number of amides is 2. The third-order valence-corrected chi connectivity index (χ3v) is 7.67. The van der Waals surface area contributed by atoms with E-state index in [2.05, 4.69) is 0 Å². The lowest BCUT2D eigenvalue weighted by Crippen LogP contribution is -2.44. The van der Waals surface area contributed by atoms with Crippen LogP contribution in [0.4, 0.5) is 0 Å². The van der Waals surface area contributed by atoms with Crippen LogP contribution < -0.4 is 9.47 Å². The Morgan fingerprint density at radius 1 is 0.838 bits per heavy atom. The van der Waals surface area contributed by atoms with Crippen LogP contribution in [0.3, 0.4) is 0 Å². The van der Waals surface area contributed by atoms with E-state index in [-0.39, 0.29) is 24.1 Å². The Balaban J connectivity index is 1.44. The molecule has 7 nitrogen and oxygen atoms in total. The molecule has 2 amide bonds. The molecule has 2 fully saturated rings. The van der Waals surface area contributed by atoms with Gasteiger partial charge in [0.05, 0.1) is 38.6 Å². The number of fused-ring (bicyclic) bond motifs is 5. The van der Waals surface area contributed by atoms with Gasteiger partial charge in [0.1, 0.15) is 6.04 Å². The van der Waals surface area contributed by atoms with Gasteiger partial charge in [0.25, 0.3) is 0 Å². The van der Waals surface area contributed by atoms with Gasteiger partial charge in [0.15, 0.2) is 17.3 Å². The highest BCUT2D eigenvalue weighted by Gasteiger charge is 2.64. The number of methoxy groups -OCH3 is 2. The molecule has 0 bridgehead atoms. The van der Waals surface area contributed by atoms with Crippen LogP contribution in [0.1, 0.15) is 33.1 Å². The molecule has 0 unspecified atom stereocenters. The molecule has 0 saturated carbocycles. The summed E-state index contributed by atoms with van der Waals surface area (Å²) in [7, 11) is 3.05. The van der Waals surface area contributed by atoms with Crippen molar-refractivity contribution in [2.75, 3.05) is 14.2 Å². The van der Waals surface area contributed by atoms with E-state index in [1.54, 1.807) is 18.2 Å². The zero-order valence-electron chi connectivity index (χ0n) is 20.5. The molecule has 6 rings (SSSR count). The van der Waals surface area contributed by atoms with Crippen LogP contribution in [-0.4, -0.2) is 47.7 Å². The van der Waals surface area contributed by atoms with E-state index in [1.807, 2.05) is 71.8 Å². The maximum Gasteiger partial charge on any atom is 0.236 e. The number of rotatable bonds is 6. The van der Waals surface area contributed by atoms with Crippen molar-refractivity contribution in [3.05, 3.63) is 101 Å². The summed E-state index contributed by atoms with van der Waals surface area (Å²) in [5, 5.41) is 0. The number of nitrogens with zero attached hydrogens (tertiary/aromatic N) is 2. The lowest BCUT2D eigenvalue weighted by atomic mass is 9.83. The Morgan fingerprint density at radius 3 is 2.30 bits per heavy atom. The molecule has 4 atom stereocenters. The van der Waals surface area contributed by atoms with Crippen LogP contribution >= 0.6 is 0 Å². The summed E-state index contributed by atoms with van der Waals surface area (Å²) in [4.78, 5) is 45.1. The monoisotopic (exact) mass is 494 g/mol. The molecule has 0 aromatic heterocycles. The second-order valence-corrected chi connectivity index (χ2v) is 9.52. The van der Waals surface area contributed by atoms with E-state index >= 15 is 0 Å². The normalized spacial score (nSPS) is 23.5. The van der Waals surface area contributed by atoms with Crippen LogP contribution in [0.5, 0.6) is 11.5 Å². The molecule has 37 heavy (non-hydrogen) atoms. The fourth-order valence-corrected chi connectivity index (χ4v) is 6.00. The third kappa shape index (κ3) is 3.53. The number of hydrogen-bond donors (Lipinski definition) is 0. The van der Waals surface area contributed by atoms with Crippen molar-refractivity contribution in [3.8, 4) is 11.5 Å². The molecule has 0 spiro atoms. The van der Waals surface area contributed by atoms with Crippen LogP contribution in [0.15, 0.2) is 79.0 Å². The summed E-state index contributed by atoms with van der Waals surface area (Å²) in [6.45, 7) is 0.187. The summed E-state index contributed by atoms with van der Waals surface area (Å²) in [5.74, 6) is -1.29. The molecule has 0 N–H and O–H groups in total. The number of ether oxygens (including phenoxy) is 2. The van der Waals surface area contributed by atoms with E-state index in [1.165, 1.54) is 19.1 Å². The number of carbonyl (C=O) groups is 3. The van der Waals surface area contributed by atoms with E-state index < -0.39 is 23.9 Å². The SMILES string of the molecule is COc1ccc(C(=O)[C@@H]2[C@@H]3C(=O)N(Cc4ccccc4)C(=O)[C@@H]3[C@H]3c4ccccc4C=CN23)cc1OC. The van der Waals surface area contributed by atoms with Crippen LogP contribution in [-0.2, 0) is 16.1 Å². The van der Waals surface area contributed by atoms with Gasteiger partial charge in [0.2, 0.25) is 11.8 Å². The smallest absolute Gasteiger partial charge is 0.236 e. The topological polar surface area (TPSA) is 76.2 Å². The minimum absolute atomic E-state index is 0.187. The van der Waals surface area contributed by atoms with E-state index in [0.29, 0.717) is 17.1 Å². The Labute approximate surface area is 214 Å². The fraction of sp³-hybridized carbons (Fsp3) is 0.233. The zero-order chi connectivity index (χ0) is 25.7. The zero-order valence-corrected chi connectivity index (χ0v) is 20.5. The van der Waals surface area contributed by atoms with Crippen molar-refractivity contribution in [1.82, 2.24) is 9.80 Å². The lowest BCUT2D eigenvalue weighted by molar-refractivity contribution is -0.142. The summed E-state index contributed by atoms with van der Waals surface area (Å²) >= 11 is 0. The summed E-state index contributed by atoms with van der Waals surface area (Å²) < 4.78 is 10.7. The number of hydrogen-bond acceptors (Lipinski definition) is 6. The van der Waals surface area contributed by atoms with E-state index in [4.69, 9.17) is 9.47 Å². The van der Waals surface area contributed by atoms with Gasteiger partial charge in [-0.2, -0.15) is 0 Å². The minimum Gasteiger partial charge on any atom is -0.493 e. The Hall–Kier alpha value is -4.39. The standard InChI is InChI=1S/C30H26N2O5/c1-36-22-13-12-20(16-23(22)37-2)28(33)27-25-24(26-21-11-7-6-10-19(21)14-15-31(26)27)29(34)32(30(25)35)17-18-8-4-3-5-9-18/h3-16,24-27H,17H2,1-2H3/t24-,25+,26+,27-/m0/s1. The largest absolute Gasteiger partial charge is 0.493 e. The van der Waals surface area contributed by atoms with Gasteiger partial charge in [-0.15, -0.1) is 0 Å². The molecule has 3 heterocycles. The molecule has 3 aliphatic rings. The highest BCUT2D eigenvalue weighted by atomic mass is 16.5. The number of carbonyl (C=O) groups excluding carboxylic acids is 3. The number of benzene rings is 3. The molecule has 3 aromatic rings. The van der Waals surface area contributed by atoms with Crippen molar-refractivity contribution in [1.29, 1.82) is 0 Å². The Bertz CT molecular complexity index is 1430. The Kier molecular flexibility index (Phi) is 5.56. The van der Waals surface area contributed by atoms with Gasteiger partial charge in [-0.05, 0) is 41.0 Å². The van der Waals surface area contributed by atoms with E-state index in [0.717, 1.165) is 16.7 Å². The molecular weight excluding hydrogens is 468 g/mol. The van der Waals surface area contributed by atoms with Crippen LogP contribution in [0.25, 0.3) is 6.08 Å². The first kappa shape index (κ1) is 23.0. The van der Waals surface area contributed by atoms with Crippen molar-refractivity contribution in [2.24, 2.45) is 11.8 Å². The molecule has 0 radical (unpaired) electrons. The highest BCUT2D eigenvalue weighted by Crippen LogP contribution is 2.53. The first-order valence-corrected chi connectivity index (χ1v) is 12.2. The fourth-order valence-electron chi connectivity index (χ4n) is 6.00. The second-order valence-electron chi connectivity index (χ2n) is 9.52. The number of ketones is 1. The first-order valence-electron chi connectivity index (χ1n) is 12.2. The average Bonchev–Trinajstić information content (AvgIpc) is 3.41. The third-order valence-electron chi connectivity index (χ3n) is 7.67. The lowest BCUT2D eigenvalue weighted by Gasteiger charge is -2.35. The van der Waals surface area contributed by atoms with Crippen molar-refractivity contribution in [3.63, 3.8) is 0 Å². The van der Waals surface area contributed by atoms with Gasteiger partial charge in [-0.3, -0.25) is 19.3 Å². The summed E-state index contributed by atoms with van der Waals surface area (Å²) in [6, 6.07) is 21.1. The summed E-state index contributed by atoms with van der Waals surface area (Å²) in [6.07, 6.45) is 3.80. The van der Waals surface area contributed by atoms with Crippen LogP contribution in [0.2, 0.25) is 0 Å². The predicted octanol–water partition coefficient (Wildman–Crippen LogP) is 4.10. The highest BCUT2D eigenvalue weighted by molar-refractivity contribution is 6.12. The van der Waals surface area contributed by atoms with Gasteiger partial charge in [-0.1, -0.05) is 54.6 Å². The Morgan fingerprint density at radius 2 is 1.54 bits per heavy atom. The summed E-state index contributed by atoms with van der Waals surface area (Å²) in [5.41, 5.74) is 3.21. The molecule has 2 saturated heterocycles. The van der Waals surface area contributed by atoms with Crippen molar-refractivity contribution in [2.45, 2.75) is 18.6 Å². The number of imide groups is 1. The molecule has 0 aliphatic carbocycles. The van der Waals surface area contributed by atoms with Crippen molar-refractivity contribution >= 4 is 23.7 Å². The van der Waals surface area contributed by atoms with Gasteiger partial charge in [0, 0.05) is 11.8 Å². The molecule has 3 aromatic carbocycles. The van der Waals surface area contributed by atoms with Crippen LogP contribution in [0, 0.1) is 11.8 Å². The molecule has 7 heteroatoms. The predicted molar refractivity (Wildman–Crippen MR) is 137 cm³/mol. The molecular formula is C30H26N2O5. The second kappa shape index (κ2) is 8.92. The van der Waals surface area contributed by atoms with Gasteiger partial charge >= 0.3 is 0 Å².